The van der Waals surface area contributed by atoms with Gasteiger partial charge in [-0.25, -0.2) is 4.39 Å². The Balaban J connectivity index is 1.83. The highest BCUT2D eigenvalue weighted by Crippen LogP contribution is 2.23. The predicted molar refractivity (Wildman–Crippen MR) is 88.0 cm³/mol. The molecule has 0 aliphatic heterocycles. The lowest BCUT2D eigenvalue weighted by molar-refractivity contribution is 0.254. The molecule has 112 valence electrons. The summed E-state index contributed by atoms with van der Waals surface area (Å²) in [4.78, 5) is 6.75. The van der Waals surface area contributed by atoms with Gasteiger partial charge in [-0.15, -0.1) is 0 Å². The lowest BCUT2D eigenvalue weighted by Crippen LogP contribution is -2.22. The van der Waals surface area contributed by atoms with Crippen molar-refractivity contribution in [3.05, 3.63) is 77.7 Å². The van der Waals surface area contributed by atoms with Crippen LogP contribution in [0.25, 0.3) is 10.9 Å². The second-order valence-corrected chi connectivity index (χ2v) is 5.63. The number of halogens is 1. The number of hydrogen-bond donors (Lipinski definition) is 0. The van der Waals surface area contributed by atoms with Gasteiger partial charge in [0.2, 0.25) is 0 Å². The van der Waals surface area contributed by atoms with Crippen LogP contribution >= 0.6 is 0 Å². The van der Waals surface area contributed by atoms with Crippen LogP contribution in [-0.4, -0.2) is 16.9 Å². The zero-order chi connectivity index (χ0) is 15.5. The Morgan fingerprint density at radius 1 is 1.05 bits per heavy atom. The number of nitrogens with zero attached hydrogens (tertiary/aromatic N) is 2. The van der Waals surface area contributed by atoms with Gasteiger partial charge in [0.05, 0.1) is 5.52 Å². The topological polar surface area (TPSA) is 16.1 Å². The van der Waals surface area contributed by atoms with Gasteiger partial charge in [0.15, 0.2) is 0 Å². The minimum absolute atomic E-state index is 0.197. The molecule has 0 spiro atoms. The second-order valence-electron chi connectivity index (χ2n) is 5.63. The Bertz CT molecular complexity index is 762. The normalized spacial score (nSPS) is 12.7. The molecular formula is C19H19FN2. The van der Waals surface area contributed by atoms with E-state index in [1.54, 1.807) is 0 Å². The number of aromatic nitrogens is 1. The first-order chi connectivity index (χ1) is 10.6. The minimum Gasteiger partial charge on any atom is -0.295 e. The van der Waals surface area contributed by atoms with Crippen LogP contribution in [0.15, 0.2) is 60.8 Å². The largest absolute Gasteiger partial charge is 0.295 e. The summed E-state index contributed by atoms with van der Waals surface area (Å²) < 4.78 is 13.1. The standard InChI is InChI=1S/C19H19FN2/c1-14(15-8-10-18(20)11-9-15)22(2)13-17-6-3-5-16-7-4-12-21-19(16)17/h3-12,14H,13H2,1-2H3. The second kappa shape index (κ2) is 6.24. The maximum Gasteiger partial charge on any atom is 0.123 e. The summed E-state index contributed by atoms with van der Waals surface area (Å²) >= 11 is 0. The Hall–Kier alpha value is -2.26. The number of para-hydroxylation sites is 1. The van der Waals surface area contributed by atoms with Gasteiger partial charge in [0.1, 0.15) is 5.82 Å². The first-order valence-electron chi connectivity index (χ1n) is 7.43. The molecule has 22 heavy (non-hydrogen) atoms. The summed E-state index contributed by atoms with van der Waals surface area (Å²) in [6, 6.07) is 17.2. The molecular weight excluding hydrogens is 275 g/mol. The van der Waals surface area contributed by atoms with Crippen LogP contribution in [0.1, 0.15) is 24.1 Å². The van der Waals surface area contributed by atoms with Gasteiger partial charge in [-0.1, -0.05) is 36.4 Å². The van der Waals surface area contributed by atoms with E-state index in [2.05, 4.69) is 48.1 Å². The molecule has 0 aliphatic rings. The fourth-order valence-electron chi connectivity index (χ4n) is 2.70. The summed E-state index contributed by atoms with van der Waals surface area (Å²) in [5.41, 5.74) is 3.36. The molecule has 0 aliphatic carbocycles. The first kappa shape index (κ1) is 14.7. The van der Waals surface area contributed by atoms with Crippen molar-refractivity contribution in [3.8, 4) is 0 Å². The van der Waals surface area contributed by atoms with Crippen LogP contribution in [0.5, 0.6) is 0 Å². The summed E-state index contributed by atoms with van der Waals surface area (Å²) in [5, 5.41) is 1.16. The maximum absolute atomic E-state index is 13.1. The zero-order valence-electron chi connectivity index (χ0n) is 12.8. The van der Waals surface area contributed by atoms with Gasteiger partial charge < -0.3 is 0 Å². The van der Waals surface area contributed by atoms with Crippen LogP contribution in [0, 0.1) is 5.82 Å². The van der Waals surface area contributed by atoms with E-state index >= 15 is 0 Å². The van der Waals surface area contributed by atoms with Crippen molar-refractivity contribution in [1.82, 2.24) is 9.88 Å². The fraction of sp³-hybridized carbons (Fsp3) is 0.211. The molecule has 3 rings (SSSR count). The van der Waals surface area contributed by atoms with Gasteiger partial charge >= 0.3 is 0 Å². The highest BCUT2D eigenvalue weighted by molar-refractivity contribution is 5.81. The van der Waals surface area contributed by atoms with Crippen LogP contribution in [-0.2, 0) is 6.54 Å². The Kier molecular flexibility index (Phi) is 4.16. The number of pyridine rings is 1. The van der Waals surface area contributed by atoms with E-state index in [1.165, 1.54) is 17.7 Å². The first-order valence-corrected chi connectivity index (χ1v) is 7.43. The number of rotatable bonds is 4. The summed E-state index contributed by atoms with van der Waals surface area (Å²) in [6.45, 7) is 2.93. The van der Waals surface area contributed by atoms with Gasteiger partial charge in [-0.3, -0.25) is 9.88 Å². The van der Waals surface area contributed by atoms with Crippen molar-refractivity contribution in [2.75, 3.05) is 7.05 Å². The number of fused-ring (bicyclic) bond motifs is 1. The van der Waals surface area contributed by atoms with Crippen LogP contribution in [0.3, 0.4) is 0 Å². The molecule has 1 atom stereocenters. The molecule has 0 saturated carbocycles. The van der Waals surface area contributed by atoms with Crippen molar-refractivity contribution in [2.45, 2.75) is 19.5 Å². The predicted octanol–water partition coefficient (Wildman–Crippen LogP) is 4.57. The number of hydrogen-bond acceptors (Lipinski definition) is 2. The van der Waals surface area contributed by atoms with E-state index in [-0.39, 0.29) is 11.9 Å². The average molecular weight is 294 g/mol. The molecule has 0 saturated heterocycles. The third kappa shape index (κ3) is 3.00. The minimum atomic E-state index is -0.197. The van der Waals surface area contributed by atoms with Crippen molar-refractivity contribution >= 4 is 10.9 Å². The number of benzene rings is 2. The summed E-state index contributed by atoms with van der Waals surface area (Å²) in [6.07, 6.45) is 1.83. The SMILES string of the molecule is CC(c1ccc(F)cc1)N(C)Cc1cccc2cccnc12. The molecule has 0 bridgehead atoms. The van der Waals surface area contributed by atoms with Crippen LogP contribution in [0.4, 0.5) is 4.39 Å². The lowest BCUT2D eigenvalue weighted by atomic mass is 10.1. The van der Waals surface area contributed by atoms with Crippen molar-refractivity contribution < 1.29 is 4.39 Å². The molecule has 1 aromatic heterocycles. The highest BCUT2D eigenvalue weighted by atomic mass is 19.1. The van der Waals surface area contributed by atoms with Gasteiger partial charge in [0.25, 0.3) is 0 Å². The van der Waals surface area contributed by atoms with Crippen LogP contribution in [0.2, 0.25) is 0 Å². The van der Waals surface area contributed by atoms with Gasteiger partial charge in [-0.2, -0.15) is 0 Å². The van der Waals surface area contributed by atoms with Crippen molar-refractivity contribution in [1.29, 1.82) is 0 Å². The van der Waals surface area contributed by atoms with E-state index in [4.69, 9.17) is 0 Å². The maximum atomic E-state index is 13.1. The lowest BCUT2D eigenvalue weighted by Gasteiger charge is -2.25. The van der Waals surface area contributed by atoms with E-state index in [9.17, 15) is 4.39 Å². The quantitative estimate of drug-likeness (QED) is 0.701. The van der Waals surface area contributed by atoms with Crippen LogP contribution < -0.4 is 0 Å². The Morgan fingerprint density at radius 2 is 1.77 bits per heavy atom. The summed E-state index contributed by atoms with van der Waals surface area (Å²) in [7, 11) is 2.08. The molecule has 1 heterocycles. The fourth-order valence-corrected chi connectivity index (χ4v) is 2.70. The molecule has 0 fully saturated rings. The monoisotopic (exact) mass is 294 g/mol. The Morgan fingerprint density at radius 3 is 2.55 bits per heavy atom. The molecule has 0 radical (unpaired) electrons. The van der Waals surface area contributed by atoms with E-state index in [0.717, 1.165) is 23.0 Å². The van der Waals surface area contributed by atoms with Gasteiger partial charge in [-0.05, 0) is 43.3 Å². The molecule has 0 N–H and O–H groups in total. The van der Waals surface area contributed by atoms with E-state index in [0.29, 0.717) is 0 Å². The molecule has 2 nitrogen and oxygen atoms in total. The van der Waals surface area contributed by atoms with Gasteiger partial charge in [0, 0.05) is 24.2 Å². The molecule has 2 aromatic carbocycles. The average Bonchev–Trinajstić information content (AvgIpc) is 2.55. The molecule has 1 unspecified atom stereocenters. The Labute approximate surface area is 130 Å². The molecule has 3 heteroatoms. The van der Waals surface area contributed by atoms with Crippen molar-refractivity contribution in [2.24, 2.45) is 0 Å². The van der Waals surface area contributed by atoms with E-state index in [1.807, 2.05) is 24.4 Å². The van der Waals surface area contributed by atoms with Crippen molar-refractivity contribution in [3.63, 3.8) is 0 Å². The molecule has 0 amide bonds. The third-order valence-corrected chi connectivity index (χ3v) is 4.15. The zero-order valence-corrected chi connectivity index (χ0v) is 12.8. The smallest absolute Gasteiger partial charge is 0.123 e. The highest BCUT2D eigenvalue weighted by Gasteiger charge is 2.13. The summed E-state index contributed by atoms with van der Waals surface area (Å²) in [5.74, 6) is -0.197. The van der Waals surface area contributed by atoms with E-state index < -0.39 is 0 Å². The third-order valence-electron chi connectivity index (χ3n) is 4.15. The molecule has 3 aromatic rings.